The Hall–Kier alpha value is -3.40. The highest BCUT2D eigenvalue weighted by atomic mass is 16.5. The molecule has 0 radical (unpaired) electrons. The number of carbonyl (C=O) groups is 1. The van der Waals surface area contributed by atoms with Crippen molar-refractivity contribution in [1.82, 2.24) is 20.4 Å². The van der Waals surface area contributed by atoms with Crippen LogP contribution in [0.3, 0.4) is 0 Å². The summed E-state index contributed by atoms with van der Waals surface area (Å²) in [6, 6.07) is 9.38. The molecule has 26 heavy (non-hydrogen) atoms. The average molecular weight is 347 g/mol. The SMILES string of the molecule is N#Cc1cccc(-c2cnc(CNC(=O)c3onc4c3CCCC4)[nH]2)c1. The van der Waals surface area contributed by atoms with E-state index in [0.29, 0.717) is 17.1 Å². The normalized spacial score (nSPS) is 13.0. The number of amides is 1. The van der Waals surface area contributed by atoms with Crippen LogP contribution in [0.25, 0.3) is 11.3 Å². The van der Waals surface area contributed by atoms with Crippen LogP contribution in [0.4, 0.5) is 0 Å². The molecule has 2 heterocycles. The lowest BCUT2D eigenvalue weighted by molar-refractivity contribution is 0.0911. The Bertz CT molecular complexity index is 996. The lowest BCUT2D eigenvalue weighted by Crippen LogP contribution is -2.24. The molecule has 0 atom stereocenters. The summed E-state index contributed by atoms with van der Waals surface area (Å²) in [5, 5.41) is 15.8. The number of nitrogens with zero attached hydrogens (tertiary/aromatic N) is 3. The van der Waals surface area contributed by atoms with E-state index in [2.05, 4.69) is 26.5 Å². The number of benzene rings is 1. The number of H-pyrrole nitrogens is 1. The molecule has 0 aliphatic heterocycles. The van der Waals surface area contributed by atoms with Crippen LogP contribution >= 0.6 is 0 Å². The Labute approximate surface area is 150 Å². The Balaban J connectivity index is 1.44. The van der Waals surface area contributed by atoms with Crippen molar-refractivity contribution in [3.8, 4) is 17.3 Å². The molecule has 7 nitrogen and oxygen atoms in total. The topological polar surface area (TPSA) is 108 Å². The van der Waals surface area contributed by atoms with Gasteiger partial charge in [-0.25, -0.2) is 4.98 Å². The van der Waals surface area contributed by atoms with Crippen LogP contribution in [-0.2, 0) is 19.4 Å². The van der Waals surface area contributed by atoms with Crippen molar-refractivity contribution in [1.29, 1.82) is 5.26 Å². The van der Waals surface area contributed by atoms with Crippen LogP contribution in [0, 0.1) is 11.3 Å². The summed E-state index contributed by atoms with van der Waals surface area (Å²) in [6.45, 7) is 0.256. The molecule has 1 aliphatic carbocycles. The van der Waals surface area contributed by atoms with Gasteiger partial charge < -0.3 is 14.8 Å². The molecule has 1 aliphatic rings. The van der Waals surface area contributed by atoms with Gasteiger partial charge >= 0.3 is 0 Å². The van der Waals surface area contributed by atoms with Crippen molar-refractivity contribution in [2.75, 3.05) is 0 Å². The molecular formula is C19H17N5O2. The number of hydrogen-bond donors (Lipinski definition) is 2. The summed E-state index contributed by atoms with van der Waals surface area (Å²) >= 11 is 0. The summed E-state index contributed by atoms with van der Waals surface area (Å²) in [7, 11) is 0. The minimum absolute atomic E-state index is 0.256. The zero-order valence-electron chi connectivity index (χ0n) is 14.1. The highest BCUT2D eigenvalue weighted by Crippen LogP contribution is 2.24. The Kier molecular flexibility index (Phi) is 4.23. The molecule has 2 aromatic heterocycles. The molecule has 2 N–H and O–H groups in total. The van der Waals surface area contributed by atoms with E-state index in [1.165, 1.54) is 0 Å². The summed E-state index contributed by atoms with van der Waals surface area (Å²) in [6.07, 6.45) is 5.53. The van der Waals surface area contributed by atoms with Crippen LogP contribution in [0.5, 0.6) is 0 Å². The lowest BCUT2D eigenvalue weighted by atomic mass is 9.96. The first-order valence-electron chi connectivity index (χ1n) is 8.54. The standard InChI is InChI=1S/C19H17N5O2/c20-9-12-4-3-5-13(8-12)16-10-21-17(23-16)11-22-19(25)18-14-6-1-2-7-15(14)24-26-18/h3-5,8,10H,1-2,6-7,11H2,(H,21,23)(H,22,25). The van der Waals surface area contributed by atoms with E-state index >= 15 is 0 Å². The smallest absolute Gasteiger partial charge is 0.290 e. The first kappa shape index (κ1) is 16.1. The average Bonchev–Trinajstić information content (AvgIpc) is 3.33. The molecule has 1 amide bonds. The molecule has 0 saturated heterocycles. The maximum Gasteiger partial charge on any atom is 0.290 e. The van der Waals surface area contributed by atoms with Gasteiger partial charge in [0.15, 0.2) is 0 Å². The van der Waals surface area contributed by atoms with Crippen LogP contribution in [-0.4, -0.2) is 21.0 Å². The van der Waals surface area contributed by atoms with E-state index in [1.807, 2.05) is 12.1 Å². The second-order valence-corrected chi connectivity index (χ2v) is 6.26. The Morgan fingerprint density at radius 1 is 1.35 bits per heavy atom. The summed E-state index contributed by atoms with van der Waals surface area (Å²) < 4.78 is 5.24. The number of nitrogens with one attached hydrogen (secondary N) is 2. The van der Waals surface area contributed by atoms with Crippen LogP contribution in [0.15, 0.2) is 35.0 Å². The third kappa shape index (κ3) is 3.09. The lowest BCUT2D eigenvalue weighted by Gasteiger charge is -2.08. The number of hydrogen-bond acceptors (Lipinski definition) is 5. The second-order valence-electron chi connectivity index (χ2n) is 6.26. The Morgan fingerprint density at radius 2 is 2.23 bits per heavy atom. The van der Waals surface area contributed by atoms with Gasteiger partial charge in [-0.05, 0) is 37.8 Å². The molecule has 130 valence electrons. The number of aromatic nitrogens is 3. The minimum Gasteiger partial charge on any atom is -0.350 e. The highest BCUT2D eigenvalue weighted by molar-refractivity contribution is 5.93. The molecule has 0 bridgehead atoms. The quantitative estimate of drug-likeness (QED) is 0.754. The predicted octanol–water partition coefficient (Wildman–Crippen LogP) is 2.75. The molecule has 7 heteroatoms. The van der Waals surface area contributed by atoms with Crippen molar-refractivity contribution in [2.45, 2.75) is 32.2 Å². The van der Waals surface area contributed by atoms with Crippen molar-refractivity contribution in [3.05, 3.63) is 58.9 Å². The van der Waals surface area contributed by atoms with Gasteiger partial charge in [-0.3, -0.25) is 4.79 Å². The predicted molar refractivity (Wildman–Crippen MR) is 93.1 cm³/mol. The van der Waals surface area contributed by atoms with Crippen molar-refractivity contribution < 1.29 is 9.32 Å². The number of nitriles is 1. The van der Waals surface area contributed by atoms with Gasteiger partial charge in [0.1, 0.15) is 5.82 Å². The van der Waals surface area contributed by atoms with E-state index < -0.39 is 0 Å². The molecule has 1 aromatic carbocycles. The fourth-order valence-corrected chi connectivity index (χ4v) is 3.17. The molecule has 0 spiro atoms. The first-order chi connectivity index (χ1) is 12.7. The van der Waals surface area contributed by atoms with Crippen LogP contribution < -0.4 is 5.32 Å². The zero-order chi connectivity index (χ0) is 17.9. The first-order valence-corrected chi connectivity index (χ1v) is 8.54. The number of imidazole rings is 1. The van der Waals surface area contributed by atoms with E-state index in [1.54, 1.807) is 18.3 Å². The van der Waals surface area contributed by atoms with E-state index in [-0.39, 0.29) is 12.5 Å². The van der Waals surface area contributed by atoms with E-state index in [0.717, 1.165) is 48.2 Å². The minimum atomic E-state index is -0.273. The third-order valence-corrected chi connectivity index (χ3v) is 4.51. The van der Waals surface area contributed by atoms with Gasteiger partial charge in [-0.15, -0.1) is 0 Å². The van der Waals surface area contributed by atoms with Gasteiger partial charge in [0.2, 0.25) is 5.76 Å². The molecule has 3 aromatic rings. The molecule has 4 rings (SSSR count). The molecular weight excluding hydrogens is 330 g/mol. The number of carbonyl (C=O) groups excluding carboxylic acids is 1. The second kappa shape index (κ2) is 6.84. The maximum atomic E-state index is 12.4. The van der Waals surface area contributed by atoms with Gasteiger partial charge in [-0.1, -0.05) is 17.3 Å². The Morgan fingerprint density at radius 3 is 3.12 bits per heavy atom. The van der Waals surface area contributed by atoms with Gasteiger partial charge in [0.25, 0.3) is 5.91 Å². The van der Waals surface area contributed by atoms with Crippen molar-refractivity contribution in [3.63, 3.8) is 0 Å². The van der Waals surface area contributed by atoms with Gasteiger partial charge in [0.05, 0.1) is 35.8 Å². The van der Waals surface area contributed by atoms with E-state index in [9.17, 15) is 4.79 Å². The molecule has 0 saturated carbocycles. The number of aryl methyl sites for hydroxylation is 1. The zero-order valence-corrected chi connectivity index (χ0v) is 14.1. The fourth-order valence-electron chi connectivity index (χ4n) is 3.17. The maximum absolute atomic E-state index is 12.4. The summed E-state index contributed by atoms with van der Waals surface area (Å²) in [5.74, 6) is 0.669. The summed E-state index contributed by atoms with van der Waals surface area (Å²) in [5.41, 5.74) is 4.09. The van der Waals surface area contributed by atoms with Gasteiger partial charge in [0, 0.05) is 11.1 Å². The van der Waals surface area contributed by atoms with Gasteiger partial charge in [-0.2, -0.15) is 5.26 Å². The van der Waals surface area contributed by atoms with Crippen LogP contribution in [0.2, 0.25) is 0 Å². The number of aromatic amines is 1. The largest absolute Gasteiger partial charge is 0.350 e. The molecule has 0 fully saturated rings. The van der Waals surface area contributed by atoms with Crippen LogP contribution in [0.1, 0.15) is 46.0 Å². The summed E-state index contributed by atoms with van der Waals surface area (Å²) in [4.78, 5) is 19.8. The highest BCUT2D eigenvalue weighted by Gasteiger charge is 2.24. The fraction of sp³-hybridized carbons (Fsp3) is 0.263. The number of rotatable bonds is 4. The number of fused-ring (bicyclic) bond motifs is 1. The monoisotopic (exact) mass is 347 g/mol. The van der Waals surface area contributed by atoms with E-state index in [4.69, 9.17) is 9.78 Å². The van der Waals surface area contributed by atoms with Crippen molar-refractivity contribution >= 4 is 5.91 Å². The molecule has 0 unspecified atom stereocenters. The third-order valence-electron chi connectivity index (χ3n) is 4.51. The van der Waals surface area contributed by atoms with Crippen molar-refractivity contribution in [2.24, 2.45) is 0 Å².